The van der Waals surface area contributed by atoms with E-state index in [1.54, 1.807) is 0 Å². The topological polar surface area (TPSA) is 55.8 Å². The van der Waals surface area contributed by atoms with Gasteiger partial charge in [0.2, 0.25) is 0 Å². The Bertz CT molecular complexity index is 459. The number of hydrogen-bond donors (Lipinski definition) is 1. The first-order chi connectivity index (χ1) is 9.29. The molecule has 0 fully saturated rings. The number of aromatic carboxylic acids is 1. The van der Waals surface area contributed by atoms with Crippen molar-refractivity contribution in [3.05, 3.63) is 29.6 Å². The van der Waals surface area contributed by atoms with Crippen LogP contribution in [0.25, 0.3) is 0 Å². The lowest BCUT2D eigenvalue weighted by molar-refractivity contribution is -0.174. The molecule has 0 radical (unpaired) electrons. The summed E-state index contributed by atoms with van der Waals surface area (Å²) in [6, 6.07) is 3.22. The van der Waals surface area contributed by atoms with Gasteiger partial charge in [0.1, 0.15) is 18.2 Å². The zero-order valence-corrected chi connectivity index (χ0v) is 10.2. The highest BCUT2D eigenvalue weighted by atomic mass is 19.4. The standard InChI is InChI=1S/C12H12F4O4/c13-10-6-8(2-3-9(10)11(17)18)20-5-1-4-19-7-12(14,15)16/h2-3,6H,1,4-5,7H2,(H,17,18). The highest BCUT2D eigenvalue weighted by molar-refractivity contribution is 5.88. The van der Waals surface area contributed by atoms with Gasteiger partial charge in [0.15, 0.2) is 0 Å². The zero-order chi connectivity index (χ0) is 15.2. The van der Waals surface area contributed by atoms with Crippen LogP contribution < -0.4 is 4.74 Å². The molecular formula is C12H12F4O4. The summed E-state index contributed by atoms with van der Waals surface area (Å²) < 4.78 is 57.9. The number of rotatable bonds is 7. The maximum atomic E-state index is 13.3. The Kier molecular flexibility index (Phi) is 5.75. The van der Waals surface area contributed by atoms with E-state index in [4.69, 9.17) is 9.84 Å². The highest BCUT2D eigenvalue weighted by Crippen LogP contribution is 2.17. The molecule has 0 atom stereocenters. The maximum Gasteiger partial charge on any atom is 0.411 e. The molecule has 0 aliphatic rings. The Morgan fingerprint density at radius 1 is 1.25 bits per heavy atom. The summed E-state index contributed by atoms with van der Waals surface area (Å²) in [5, 5.41) is 8.61. The molecule has 0 saturated heterocycles. The molecule has 1 aromatic carbocycles. The van der Waals surface area contributed by atoms with Crippen molar-refractivity contribution in [1.29, 1.82) is 0 Å². The minimum Gasteiger partial charge on any atom is -0.493 e. The van der Waals surface area contributed by atoms with Gasteiger partial charge in [-0.25, -0.2) is 9.18 Å². The van der Waals surface area contributed by atoms with Crippen molar-refractivity contribution >= 4 is 5.97 Å². The molecule has 1 N–H and O–H groups in total. The average Bonchev–Trinajstić information content (AvgIpc) is 2.32. The van der Waals surface area contributed by atoms with Crippen LogP contribution in [0.2, 0.25) is 0 Å². The molecule has 0 spiro atoms. The van der Waals surface area contributed by atoms with E-state index in [1.807, 2.05) is 0 Å². The van der Waals surface area contributed by atoms with Crippen LogP contribution in [0.1, 0.15) is 16.8 Å². The van der Waals surface area contributed by atoms with Gasteiger partial charge < -0.3 is 14.6 Å². The number of benzene rings is 1. The molecule has 0 unspecified atom stereocenters. The number of hydrogen-bond acceptors (Lipinski definition) is 3. The van der Waals surface area contributed by atoms with E-state index in [0.29, 0.717) is 0 Å². The van der Waals surface area contributed by atoms with Gasteiger partial charge in [0.05, 0.1) is 18.8 Å². The summed E-state index contributed by atoms with van der Waals surface area (Å²) in [5.41, 5.74) is -0.481. The Hall–Kier alpha value is -1.83. The van der Waals surface area contributed by atoms with Crippen LogP contribution >= 0.6 is 0 Å². The molecule has 0 heterocycles. The summed E-state index contributed by atoms with van der Waals surface area (Å²) in [6.45, 7) is -1.44. The molecule has 0 bridgehead atoms. The highest BCUT2D eigenvalue weighted by Gasteiger charge is 2.27. The first kappa shape index (κ1) is 16.2. The molecule has 0 amide bonds. The number of ether oxygens (including phenoxy) is 2. The van der Waals surface area contributed by atoms with E-state index in [-0.39, 0.29) is 25.4 Å². The summed E-state index contributed by atoms with van der Waals surface area (Å²) in [7, 11) is 0. The lowest BCUT2D eigenvalue weighted by Gasteiger charge is -2.09. The van der Waals surface area contributed by atoms with E-state index in [1.165, 1.54) is 6.07 Å². The summed E-state index contributed by atoms with van der Waals surface area (Å²) in [5.74, 6) is -2.23. The van der Waals surface area contributed by atoms with Gasteiger partial charge in [-0.3, -0.25) is 0 Å². The molecule has 112 valence electrons. The van der Waals surface area contributed by atoms with Crippen LogP contribution in [0.15, 0.2) is 18.2 Å². The van der Waals surface area contributed by atoms with Gasteiger partial charge in [0, 0.05) is 12.5 Å². The molecule has 8 heteroatoms. The van der Waals surface area contributed by atoms with Crippen molar-refractivity contribution in [3.8, 4) is 5.75 Å². The number of alkyl halides is 3. The minimum absolute atomic E-state index is 0.0315. The minimum atomic E-state index is -4.36. The van der Waals surface area contributed by atoms with Gasteiger partial charge >= 0.3 is 12.1 Å². The summed E-state index contributed by atoms with van der Waals surface area (Å²) >= 11 is 0. The number of carboxylic acid groups (broad SMARTS) is 1. The molecule has 0 aliphatic heterocycles. The van der Waals surface area contributed by atoms with Crippen molar-refractivity contribution in [1.82, 2.24) is 0 Å². The third-order valence-electron chi connectivity index (χ3n) is 2.14. The van der Waals surface area contributed by atoms with Crippen molar-refractivity contribution in [2.24, 2.45) is 0 Å². The van der Waals surface area contributed by atoms with Crippen LogP contribution in [0.3, 0.4) is 0 Å². The predicted molar refractivity (Wildman–Crippen MR) is 60.3 cm³/mol. The fraction of sp³-hybridized carbons (Fsp3) is 0.417. The Labute approximate surface area is 111 Å². The molecule has 1 aromatic rings. The molecule has 0 saturated carbocycles. The van der Waals surface area contributed by atoms with Crippen LogP contribution in [0, 0.1) is 5.82 Å². The van der Waals surface area contributed by atoms with E-state index in [0.717, 1.165) is 12.1 Å². The monoisotopic (exact) mass is 296 g/mol. The Balaban J connectivity index is 2.29. The number of halogens is 4. The predicted octanol–water partition coefficient (Wildman–Crippen LogP) is 2.87. The van der Waals surface area contributed by atoms with E-state index < -0.39 is 30.1 Å². The van der Waals surface area contributed by atoms with Gasteiger partial charge in [-0.05, 0) is 12.1 Å². The van der Waals surface area contributed by atoms with E-state index in [9.17, 15) is 22.4 Å². The SMILES string of the molecule is O=C(O)c1ccc(OCCCOCC(F)(F)F)cc1F. The fourth-order valence-corrected chi connectivity index (χ4v) is 1.30. The van der Waals surface area contributed by atoms with Crippen LogP contribution in [0.5, 0.6) is 5.75 Å². The average molecular weight is 296 g/mol. The third kappa shape index (κ3) is 5.87. The molecule has 20 heavy (non-hydrogen) atoms. The second-order valence-corrected chi connectivity index (χ2v) is 3.82. The van der Waals surface area contributed by atoms with Crippen molar-refractivity contribution in [3.63, 3.8) is 0 Å². The second-order valence-electron chi connectivity index (χ2n) is 3.82. The second kappa shape index (κ2) is 7.09. The number of carbonyl (C=O) groups is 1. The largest absolute Gasteiger partial charge is 0.493 e. The maximum absolute atomic E-state index is 13.3. The Morgan fingerprint density at radius 2 is 1.95 bits per heavy atom. The van der Waals surface area contributed by atoms with Crippen LogP contribution in [-0.4, -0.2) is 37.1 Å². The summed E-state index contributed by atoms with van der Waals surface area (Å²) in [6.07, 6.45) is -4.17. The normalized spacial score (nSPS) is 11.4. The first-order valence-corrected chi connectivity index (χ1v) is 5.60. The van der Waals surface area contributed by atoms with Crippen molar-refractivity contribution in [2.45, 2.75) is 12.6 Å². The van der Waals surface area contributed by atoms with Gasteiger partial charge in [-0.1, -0.05) is 0 Å². The fourth-order valence-electron chi connectivity index (χ4n) is 1.30. The van der Waals surface area contributed by atoms with Crippen LogP contribution in [0.4, 0.5) is 17.6 Å². The zero-order valence-electron chi connectivity index (χ0n) is 10.2. The molecule has 0 aromatic heterocycles. The molecule has 4 nitrogen and oxygen atoms in total. The molecule has 1 rings (SSSR count). The van der Waals surface area contributed by atoms with Gasteiger partial charge in [0.25, 0.3) is 0 Å². The number of carboxylic acids is 1. The summed E-state index contributed by atoms with van der Waals surface area (Å²) in [4.78, 5) is 10.6. The molecule has 0 aliphatic carbocycles. The lowest BCUT2D eigenvalue weighted by atomic mass is 10.2. The molecular weight excluding hydrogens is 284 g/mol. The van der Waals surface area contributed by atoms with E-state index in [2.05, 4.69) is 4.74 Å². The first-order valence-electron chi connectivity index (χ1n) is 5.60. The van der Waals surface area contributed by atoms with Crippen molar-refractivity contribution < 1.29 is 36.9 Å². The van der Waals surface area contributed by atoms with Crippen molar-refractivity contribution in [2.75, 3.05) is 19.8 Å². The van der Waals surface area contributed by atoms with Crippen LogP contribution in [-0.2, 0) is 4.74 Å². The van der Waals surface area contributed by atoms with Gasteiger partial charge in [-0.15, -0.1) is 0 Å². The van der Waals surface area contributed by atoms with Gasteiger partial charge in [-0.2, -0.15) is 13.2 Å². The smallest absolute Gasteiger partial charge is 0.411 e. The van der Waals surface area contributed by atoms with E-state index >= 15 is 0 Å². The quantitative estimate of drug-likeness (QED) is 0.621. The third-order valence-corrected chi connectivity index (χ3v) is 2.14. The Morgan fingerprint density at radius 3 is 2.50 bits per heavy atom. The lowest BCUT2D eigenvalue weighted by Crippen LogP contribution is -2.18.